The van der Waals surface area contributed by atoms with E-state index in [-0.39, 0.29) is 12.1 Å². The second-order valence-electron chi connectivity index (χ2n) is 7.43. The van der Waals surface area contributed by atoms with Crippen LogP contribution in [0.4, 0.5) is 0 Å². The van der Waals surface area contributed by atoms with Gasteiger partial charge < -0.3 is 14.2 Å². The van der Waals surface area contributed by atoms with Crippen molar-refractivity contribution in [2.24, 2.45) is 5.92 Å². The Labute approximate surface area is 162 Å². The highest BCUT2D eigenvalue weighted by molar-refractivity contribution is 5.68. The van der Waals surface area contributed by atoms with E-state index in [0.717, 1.165) is 25.9 Å². The molecule has 0 heterocycles. The van der Waals surface area contributed by atoms with E-state index in [1.807, 2.05) is 0 Å². The third-order valence-electron chi connectivity index (χ3n) is 5.23. The van der Waals surface area contributed by atoms with Gasteiger partial charge in [-0.15, -0.1) is 0 Å². The molecular weight excluding hydrogens is 328 g/mol. The van der Waals surface area contributed by atoms with Crippen molar-refractivity contribution in [3.63, 3.8) is 0 Å². The highest BCUT2D eigenvalue weighted by Gasteiger charge is 2.20. The lowest BCUT2D eigenvalue weighted by Gasteiger charge is -2.25. The predicted molar refractivity (Wildman–Crippen MR) is 108 cm³/mol. The second kappa shape index (κ2) is 19.2. The van der Waals surface area contributed by atoms with Gasteiger partial charge in [0.2, 0.25) is 0 Å². The van der Waals surface area contributed by atoms with E-state index >= 15 is 0 Å². The van der Waals surface area contributed by atoms with Crippen LogP contribution in [0.3, 0.4) is 0 Å². The summed E-state index contributed by atoms with van der Waals surface area (Å²) in [5.41, 5.74) is 0. The third-order valence-corrected chi connectivity index (χ3v) is 5.23. The van der Waals surface area contributed by atoms with E-state index in [1.165, 1.54) is 71.3 Å². The Balaban J connectivity index is 3.90. The molecule has 4 heteroatoms. The molecule has 0 aliphatic rings. The average molecular weight is 373 g/mol. The first kappa shape index (κ1) is 25.4. The fourth-order valence-corrected chi connectivity index (χ4v) is 3.57. The first-order valence-corrected chi connectivity index (χ1v) is 10.8. The highest BCUT2D eigenvalue weighted by Crippen LogP contribution is 2.22. The summed E-state index contributed by atoms with van der Waals surface area (Å²) in [5.74, 6) is 0.329. The highest BCUT2D eigenvalue weighted by atomic mass is 16.5. The molecule has 0 radical (unpaired) electrons. The lowest BCUT2D eigenvalue weighted by Crippen LogP contribution is -2.27. The maximum Gasteiger partial charge on any atom is 0.305 e. The van der Waals surface area contributed by atoms with Crippen molar-refractivity contribution in [2.75, 3.05) is 27.9 Å². The molecule has 0 aromatic rings. The lowest BCUT2D eigenvalue weighted by atomic mass is 9.92. The molecule has 2 unspecified atom stereocenters. The maximum absolute atomic E-state index is 11.2. The number of hydrogen-bond acceptors (Lipinski definition) is 4. The fourth-order valence-electron chi connectivity index (χ4n) is 3.57. The largest absolute Gasteiger partial charge is 0.469 e. The van der Waals surface area contributed by atoms with E-state index < -0.39 is 0 Å². The Bertz CT molecular complexity index is 307. The van der Waals surface area contributed by atoms with Crippen LogP contribution >= 0.6 is 0 Å². The summed E-state index contributed by atoms with van der Waals surface area (Å²) in [6, 6.07) is 0. The zero-order valence-corrected chi connectivity index (χ0v) is 17.9. The molecule has 156 valence electrons. The van der Waals surface area contributed by atoms with Crippen LogP contribution in [0, 0.1) is 5.92 Å². The van der Waals surface area contributed by atoms with Gasteiger partial charge in [0.15, 0.2) is 0 Å². The van der Waals surface area contributed by atoms with Crippen molar-refractivity contribution in [2.45, 2.75) is 103 Å². The predicted octanol–water partition coefficient (Wildman–Crippen LogP) is 5.92. The molecule has 0 aromatic carbocycles. The summed E-state index contributed by atoms with van der Waals surface area (Å²) in [7, 11) is 5.01. The average Bonchev–Trinajstić information content (AvgIpc) is 2.66. The van der Waals surface area contributed by atoms with Crippen molar-refractivity contribution in [1.29, 1.82) is 0 Å². The molecule has 0 fully saturated rings. The van der Waals surface area contributed by atoms with Crippen molar-refractivity contribution < 1.29 is 19.0 Å². The first-order chi connectivity index (χ1) is 12.7. The van der Waals surface area contributed by atoms with Crippen LogP contribution in [-0.2, 0) is 19.0 Å². The Morgan fingerprint density at radius 2 is 1.35 bits per heavy atom. The quantitative estimate of drug-likeness (QED) is 0.209. The molecule has 0 saturated carbocycles. The minimum atomic E-state index is -0.123. The number of carbonyl (C=O) groups is 1. The van der Waals surface area contributed by atoms with Gasteiger partial charge in [0.25, 0.3) is 0 Å². The zero-order chi connectivity index (χ0) is 19.5. The topological polar surface area (TPSA) is 44.8 Å². The SMILES string of the molecule is CCCCCCCCCCCC(COC)C(CCCCC(=O)OC)OC. The van der Waals surface area contributed by atoms with Gasteiger partial charge in [0, 0.05) is 26.6 Å². The molecule has 4 nitrogen and oxygen atoms in total. The summed E-state index contributed by atoms with van der Waals surface area (Å²) in [6.07, 6.45) is 16.9. The van der Waals surface area contributed by atoms with E-state index in [0.29, 0.717) is 12.3 Å². The van der Waals surface area contributed by atoms with Crippen molar-refractivity contribution in [3.05, 3.63) is 0 Å². The molecule has 2 atom stereocenters. The van der Waals surface area contributed by atoms with Gasteiger partial charge in [-0.3, -0.25) is 4.79 Å². The molecule has 0 bridgehead atoms. The van der Waals surface area contributed by atoms with Gasteiger partial charge >= 0.3 is 5.97 Å². The fraction of sp³-hybridized carbons (Fsp3) is 0.955. The van der Waals surface area contributed by atoms with Gasteiger partial charge in [0.1, 0.15) is 0 Å². The third kappa shape index (κ3) is 14.5. The van der Waals surface area contributed by atoms with Crippen LogP contribution in [0.15, 0.2) is 0 Å². The zero-order valence-electron chi connectivity index (χ0n) is 17.9. The summed E-state index contributed by atoms with van der Waals surface area (Å²) in [4.78, 5) is 11.2. The Morgan fingerprint density at radius 1 is 0.769 bits per heavy atom. The van der Waals surface area contributed by atoms with Crippen LogP contribution in [0.1, 0.15) is 96.8 Å². The molecule has 0 aromatic heterocycles. The monoisotopic (exact) mass is 372 g/mol. The Morgan fingerprint density at radius 3 is 1.88 bits per heavy atom. The molecule has 0 spiro atoms. The second-order valence-corrected chi connectivity index (χ2v) is 7.43. The van der Waals surface area contributed by atoms with Crippen molar-refractivity contribution >= 4 is 5.97 Å². The number of unbranched alkanes of at least 4 members (excludes halogenated alkanes) is 9. The molecule has 26 heavy (non-hydrogen) atoms. The lowest BCUT2D eigenvalue weighted by molar-refractivity contribution is -0.140. The summed E-state index contributed by atoms with van der Waals surface area (Å²) >= 11 is 0. The minimum absolute atomic E-state index is 0.123. The van der Waals surface area contributed by atoms with Gasteiger partial charge in [-0.25, -0.2) is 0 Å². The molecule has 0 N–H and O–H groups in total. The van der Waals surface area contributed by atoms with Crippen molar-refractivity contribution in [3.8, 4) is 0 Å². The molecule has 0 amide bonds. The van der Waals surface area contributed by atoms with Gasteiger partial charge in [-0.2, -0.15) is 0 Å². The van der Waals surface area contributed by atoms with Crippen LogP contribution in [-0.4, -0.2) is 40.0 Å². The number of hydrogen-bond donors (Lipinski definition) is 0. The van der Waals surface area contributed by atoms with Crippen molar-refractivity contribution in [1.82, 2.24) is 0 Å². The van der Waals surface area contributed by atoms with Crippen LogP contribution < -0.4 is 0 Å². The first-order valence-electron chi connectivity index (χ1n) is 10.8. The summed E-state index contributed by atoms with van der Waals surface area (Å²) in [6.45, 7) is 3.02. The summed E-state index contributed by atoms with van der Waals surface area (Å²) in [5, 5.41) is 0. The molecule has 0 aliphatic heterocycles. The normalized spacial score (nSPS) is 13.5. The minimum Gasteiger partial charge on any atom is -0.469 e. The van der Waals surface area contributed by atoms with Gasteiger partial charge in [-0.1, -0.05) is 71.1 Å². The van der Waals surface area contributed by atoms with E-state index in [9.17, 15) is 4.79 Å². The van der Waals surface area contributed by atoms with E-state index in [1.54, 1.807) is 14.2 Å². The number of ether oxygens (including phenoxy) is 3. The molecule has 0 saturated heterocycles. The van der Waals surface area contributed by atoms with Crippen LogP contribution in [0.25, 0.3) is 0 Å². The molecule has 0 rings (SSSR count). The summed E-state index contributed by atoms with van der Waals surface area (Å²) < 4.78 is 15.9. The maximum atomic E-state index is 11.2. The van der Waals surface area contributed by atoms with Gasteiger partial charge in [0.05, 0.1) is 19.8 Å². The smallest absolute Gasteiger partial charge is 0.305 e. The molecule has 0 aliphatic carbocycles. The van der Waals surface area contributed by atoms with Crippen LogP contribution in [0.2, 0.25) is 0 Å². The Hall–Kier alpha value is -0.610. The molecular formula is C22H44O4. The number of esters is 1. The number of methoxy groups -OCH3 is 3. The van der Waals surface area contributed by atoms with Crippen LogP contribution in [0.5, 0.6) is 0 Å². The van der Waals surface area contributed by atoms with E-state index in [2.05, 4.69) is 6.92 Å². The standard InChI is InChI=1S/C22H44O4/c1-5-6-7-8-9-10-11-12-13-16-20(19-24-2)21(25-3)17-14-15-18-22(23)26-4/h20-21H,5-19H2,1-4H3. The Kier molecular flexibility index (Phi) is 18.7. The number of rotatable bonds is 19. The van der Waals surface area contributed by atoms with Gasteiger partial charge in [-0.05, 0) is 19.3 Å². The number of carbonyl (C=O) groups excluding carboxylic acids is 1. The van der Waals surface area contributed by atoms with E-state index in [4.69, 9.17) is 14.2 Å².